The average molecular weight is 349 g/mol. The lowest BCUT2D eigenvalue weighted by atomic mass is 10.2. The lowest BCUT2D eigenvalue weighted by molar-refractivity contribution is 0.199. The molecule has 0 aromatic heterocycles. The fourth-order valence-electron chi connectivity index (χ4n) is 1.45. The van der Waals surface area contributed by atoms with Crippen molar-refractivity contribution in [2.24, 2.45) is 0 Å². The highest BCUT2D eigenvalue weighted by Crippen LogP contribution is 2.23. The zero-order valence-corrected chi connectivity index (χ0v) is 13.6. The summed E-state index contributed by atoms with van der Waals surface area (Å²) < 4.78 is 11.8. The molecule has 0 bridgehead atoms. The minimum atomic E-state index is 0.496. The van der Waals surface area contributed by atoms with Crippen molar-refractivity contribution in [2.45, 2.75) is 13.5 Å². The fraction of sp³-hybridized carbons (Fsp3) is 0.429. The van der Waals surface area contributed by atoms with Crippen molar-refractivity contribution in [3.8, 4) is 5.75 Å². The van der Waals surface area contributed by atoms with Crippen LogP contribution >= 0.6 is 27.5 Å². The van der Waals surface area contributed by atoms with E-state index in [0.717, 1.165) is 34.4 Å². The Morgan fingerprint density at radius 1 is 1.47 bits per heavy atom. The molecule has 0 unspecified atom stereocenters. The van der Waals surface area contributed by atoms with Crippen molar-refractivity contribution in [1.29, 1.82) is 0 Å². The number of nitrogens with one attached hydrogen (secondary N) is 1. The van der Waals surface area contributed by atoms with E-state index in [2.05, 4.69) is 27.3 Å². The molecule has 3 nitrogen and oxygen atoms in total. The Bertz CT molecular complexity index is 424. The second-order valence-electron chi connectivity index (χ2n) is 4.17. The molecule has 0 amide bonds. The number of methoxy groups -OCH3 is 1. The average Bonchev–Trinajstić information content (AvgIpc) is 2.42. The zero-order valence-electron chi connectivity index (χ0n) is 11.2. The maximum absolute atomic E-state index is 5.76. The van der Waals surface area contributed by atoms with Gasteiger partial charge in [-0.25, -0.2) is 0 Å². The maximum atomic E-state index is 5.76. The quantitative estimate of drug-likeness (QED) is 0.727. The predicted molar refractivity (Wildman–Crippen MR) is 82.8 cm³/mol. The van der Waals surface area contributed by atoms with Gasteiger partial charge in [0.2, 0.25) is 0 Å². The summed E-state index contributed by atoms with van der Waals surface area (Å²) >= 11 is 9.10. The molecule has 0 aliphatic heterocycles. The van der Waals surface area contributed by atoms with Gasteiger partial charge in [0.05, 0.1) is 6.61 Å². The van der Waals surface area contributed by atoms with Crippen LogP contribution in [0.4, 0.5) is 0 Å². The van der Waals surface area contributed by atoms with Crippen molar-refractivity contribution >= 4 is 27.5 Å². The Hall–Kier alpha value is -0.550. The third-order valence-corrected chi connectivity index (χ3v) is 3.33. The Morgan fingerprint density at radius 2 is 2.26 bits per heavy atom. The Labute approximate surface area is 128 Å². The lowest BCUT2D eigenvalue weighted by Crippen LogP contribution is -2.19. The number of hydrogen-bond donors (Lipinski definition) is 1. The number of halogens is 2. The first kappa shape index (κ1) is 16.5. The molecule has 0 spiro atoms. The fourth-order valence-corrected chi connectivity index (χ4v) is 1.92. The van der Waals surface area contributed by atoms with Crippen LogP contribution in [0.25, 0.3) is 0 Å². The molecular formula is C14H19BrClNO2. The van der Waals surface area contributed by atoms with E-state index in [1.165, 1.54) is 5.54 Å². The van der Waals surface area contributed by atoms with E-state index in [9.17, 15) is 0 Å². The van der Waals surface area contributed by atoms with Crippen LogP contribution in [0.1, 0.15) is 12.5 Å². The van der Waals surface area contributed by atoms with Crippen LogP contribution in [0.5, 0.6) is 5.75 Å². The molecule has 0 saturated carbocycles. The third-order valence-electron chi connectivity index (χ3n) is 2.46. The third kappa shape index (κ3) is 6.43. The molecule has 1 aromatic rings. The van der Waals surface area contributed by atoms with E-state index in [1.807, 2.05) is 19.1 Å². The van der Waals surface area contributed by atoms with Crippen molar-refractivity contribution in [1.82, 2.24) is 5.32 Å². The van der Waals surface area contributed by atoms with Gasteiger partial charge in [0.15, 0.2) is 0 Å². The van der Waals surface area contributed by atoms with Crippen molar-refractivity contribution in [3.05, 3.63) is 39.3 Å². The first-order chi connectivity index (χ1) is 9.17. The van der Waals surface area contributed by atoms with Crippen LogP contribution < -0.4 is 10.1 Å². The summed E-state index contributed by atoms with van der Waals surface area (Å²) in [5, 5.41) is 3.31. The molecule has 5 heteroatoms. The molecule has 1 aromatic carbocycles. The molecule has 0 aliphatic carbocycles. The first-order valence-electron chi connectivity index (χ1n) is 6.04. The summed E-state index contributed by atoms with van der Waals surface area (Å²) in [4.78, 5) is 0. The molecule has 1 N–H and O–H groups in total. The van der Waals surface area contributed by atoms with Gasteiger partial charge in [0.25, 0.3) is 0 Å². The van der Waals surface area contributed by atoms with Gasteiger partial charge in [0.1, 0.15) is 12.4 Å². The number of hydrogen-bond acceptors (Lipinski definition) is 3. The summed E-state index contributed by atoms with van der Waals surface area (Å²) in [7, 11) is 1.69. The monoisotopic (exact) mass is 347 g/mol. The smallest absolute Gasteiger partial charge is 0.124 e. The zero-order chi connectivity index (χ0) is 14.1. The maximum Gasteiger partial charge on any atom is 0.124 e. The van der Waals surface area contributed by atoms with Crippen molar-refractivity contribution in [2.75, 3.05) is 26.9 Å². The van der Waals surface area contributed by atoms with E-state index in [-0.39, 0.29) is 0 Å². The van der Waals surface area contributed by atoms with Crippen molar-refractivity contribution in [3.63, 3.8) is 0 Å². The molecule has 0 heterocycles. The van der Waals surface area contributed by atoms with Gasteiger partial charge in [-0.2, -0.15) is 0 Å². The summed E-state index contributed by atoms with van der Waals surface area (Å²) in [5.41, 5.74) is 3.63. The van der Waals surface area contributed by atoms with Crippen LogP contribution in [0.2, 0.25) is 0 Å². The van der Waals surface area contributed by atoms with Crippen LogP contribution in [0.3, 0.4) is 0 Å². The largest absolute Gasteiger partial charge is 0.489 e. The van der Waals surface area contributed by atoms with Gasteiger partial charge in [-0.05, 0) is 30.7 Å². The van der Waals surface area contributed by atoms with Gasteiger partial charge in [0, 0.05) is 35.8 Å². The molecular weight excluding hydrogens is 330 g/mol. The van der Waals surface area contributed by atoms with Gasteiger partial charge in [-0.15, -0.1) is 0 Å². The summed E-state index contributed by atoms with van der Waals surface area (Å²) in [5.74, 6) is 0.867. The van der Waals surface area contributed by atoms with E-state index >= 15 is 0 Å². The molecule has 0 saturated heterocycles. The Balaban J connectivity index is 2.63. The van der Waals surface area contributed by atoms with Crippen LogP contribution in [-0.2, 0) is 11.3 Å². The summed E-state index contributed by atoms with van der Waals surface area (Å²) in [6.45, 7) is 4.67. The highest BCUT2D eigenvalue weighted by Gasteiger charge is 2.05. The molecule has 0 radical (unpaired) electrons. The van der Waals surface area contributed by atoms with E-state index in [0.29, 0.717) is 13.2 Å². The van der Waals surface area contributed by atoms with E-state index in [1.54, 1.807) is 7.11 Å². The highest BCUT2D eigenvalue weighted by molar-refractivity contribution is 9.10. The standard InChI is InChI=1S/C14H19BrClNO2/c1-11(8-16)10-19-14-4-3-13(15)7-12(14)9-17-5-6-18-2/h3-4,7-8,17H,5-6,9-10H2,1-2H3/b11-8+. The molecule has 19 heavy (non-hydrogen) atoms. The van der Waals surface area contributed by atoms with Gasteiger partial charge in [-0.1, -0.05) is 27.5 Å². The van der Waals surface area contributed by atoms with Gasteiger partial charge < -0.3 is 14.8 Å². The minimum Gasteiger partial charge on any atom is -0.489 e. The van der Waals surface area contributed by atoms with E-state index in [4.69, 9.17) is 21.1 Å². The van der Waals surface area contributed by atoms with Crippen molar-refractivity contribution < 1.29 is 9.47 Å². The topological polar surface area (TPSA) is 30.5 Å². The van der Waals surface area contributed by atoms with Crippen LogP contribution in [0, 0.1) is 0 Å². The summed E-state index contributed by atoms with van der Waals surface area (Å²) in [6.07, 6.45) is 0. The molecule has 0 fully saturated rings. The Morgan fingerprint density at radius 3 is 2.95 bits per heavy atom. The second kappa shape index (κ2) is 9.37. The molecule has 1 rings (SSSR count). The second-order valence-corrected chi connectivity index (χ2v) is 5.30. The van der Waals surface area contributed by atoms with E-state index < -0.39 is 0 Å². The van der Waals surface area contributed by atoms with Crippen LogP contribution in [0.15, 0.2) is 33.8 Å². The predicted octanol–water partition coefficient (Wildman–Crippen LogP) is 3.71. The van der Waals surface area contributed by atoms with Gasteiger partial charge >= 0.3 is 0 Å². The minimum absolute atomic E-state index is 0.496. The SMILES string of the molecule is COCCNCc1cc(Br)ccc1OC/C(C)=C/Cl. The Kier molecular flexibility index (Phi) is 8.14. The van der Waals surface area contributed by atoms with Crippen LogP contribution in [-0.4, -0.2) is 26.9 Å². The van der Waals surface area contributed by atoms with Gasteiger partial charge in [-0.3, -0.25) is 0 Å². The first-order valence-corrected chi connectivity index (χ1v) is 7.27. The normalized spacial score (nSPS) is 11.7. The molecule has 106 valence electrons. The number of rotatable bonds is 8. The molecule has 0 aliphatic rings. The highest BCUT2D eigenvalue weighted by atomic mass is 79.9. The number of ether oxygens (including phenoxy) is 2. The lowest BCUT2D eigenvalue weighted by Gasteiger charge is -2.13. The summed E-state index contributed by atoms with van der Waals surface area (Å²) in [6, 6.07) is 5.97. The molecule has 0 atom stereocenters. The number of benzene rings is 1.